The number of anilines is 4. The molecule has 0 saturated heterocycles. The van der Waals surface area contributed by atoms with Gasteiger partial charge >= 0.3 is 20.6 Å². The van der Waals surface area contributed by atoms with E-state index in [0.717, 1.165) is 21.8 Å². The van der Waals surface area contributed by atoms with Crippen LogP contribution in [0.5, 0.6) is 0 Å². The number of aromatic nitrogens is 7. The predicted octanol–water partition coefficient (Wildman–Crippen LogP) is 12.6. The van der Waals surface area contributed by atoms with Crippen molar-refractivity contribution in [2.45, 2.75) is 99.4 Å². The molecule has 9 N–H and O–H groups in total. The van der Waals surface area contributed by atoms with Gasteiger partial charge in [0.15, 0.2) is 26.8 Å². The topological polar surface area (TPSA) is 322 Å². The maximum absolute atomic E-state index is 12.6. The summed E-state index contributed by atoms with van der Waals surface area (Å²) in [6, 6.07) is 8.05. The molecular weight excluding hydrogens is 1360 g/mol. The molecule has 23 nitrogen and oxygen atoms in total. The van der Waals surface area contributed by atoms with E-state index in [1.807, 2.05) is 66.0 Å². The van der Waals surface area contributed by atoms with E-state index >= 15 is 0 Å². The number of nitrogen functional groups attached to an aromatic ring is 1. The van der Waals surface area contributed by atoms with Gasteiger partial charge in [-0.15, -0.1) is 0 Å². The summed E-state index contributed by atoms with van der Waals surface area (Å²) in [6.07, 6.45) is 3.64. The Hall–Kier alpha value is -4.62. The highest BCUT2D eigenvalue weighted by Crippen LogP contribution is 2.34. The highest BCUT2D eigenvalue weighted by Gasteiger charge is 2.25. The molecule has 0 radical (unpaired) electrons. The van der Waals surface area contributed by atoms with Crippen LogP contribution in [0.2, 0.25) is 15.5 Å². The van der Waals surface area contributed by atoms with E-state index in [0.29, 0.717) is 58.5 Å². The van der Waals surface area contributed by atoms with Crippen LogP contribution in [-0.4, -0.2) is 73.9 Å². The molecule has 400 valence electrons. The van der Waals surface area contributed by atoms with Crippen molar-refractivity contribution < 1.29 is 39.0 Å². The fraction of sp³-hybridized carbons (Fsp3) is 0.366. The Morgan fingerprint density at radius 1 is 0.644 bits per heavy atom. The van der Waals surface area contributed by atoms with Crippen molar-refractivity contribution in [2.75, 3.05) is 21.7 Å². The lowest BCUT2D eigenvalue weighted by atomic mass is 10.3. The highest BCUT2D eigenvalue weighted by molar-refractivity contribution is 9.11. The van der Waals surface area contributed by atoms with Gasteiger partial charge in [-0.2, -0.15) is 4.39 Å². The van der Waals surface area contributed by atoms with Crippen LogP contribution in [0.15, 0.2) is 72.1 Å². The van der Waals surface area contributed by atoms with Gasteiger partial charge in [-0.1, -0.05) is 48.7 Å². The van der Waals surface area contributed by atoms with Gasteiger partial charge < -0.3 is 32.0 Å². The molecule has 0 saturated carbocycles. The molecule has 6 aromatic rings. The van der Waals surface area contributed by atoms with E-state index in [1.165, 1.54) is 18.3 Å². The molecule has 32 heteroatoms. The molecule has 0 unspecified atom stereocenters. The number of nitrogens with zero attached hydrogens (tertiary/aromatic N) is 10. The Balaban J connectivity index is 0.000000448. The maximum Gasteiger partial charge on any atom is 0.318 e. The number of pyridine rings is 5. The Labute approximate surface area is 475 Å². The second-order valence-corrected chi connectivity index (χ2v) is 21.1. The van der Waals surface area contributed by atoms with Crippen LogP contribution in [-0.2, 0) is 0 Å². The Bertz CT molecular complexity index is 2830. The minimum Gasteiger partial charge on any atom is -0.397 e. The normalized spacial score (nSPS) is 10.5. The Morgan fingerprint density at radius 2 is 1.05 bits per heavy atom. The molecule has 6 heterocycles. The molecule has 0 aliphatic carbocycles. The molecule has 0 aliphatic heterocycles. The van der Waals surface area contributed by atoms with E-state index < -0.39 is 26.3 Å². The largest absolute Gasteiger partial charge is 0.397 e. The molecule has 73 heavy (non-hydrogen) atoms. The van der Waals surface area contributed by atoms with E-state index in [2.05, 4.69) is 129 Å². The fourth-order valence-corrected chi connectivity index (χ4v) is 7.99. The average Bonchev–Trinajstić information content (AvgIpc) is 3.68. The lowest BCUT2D eigenvalue weighted by Crippen LogP contribution is -2.32. The summed E-state index contributed by atoms with van der Waals surface area (Å²) in [5.74, 6) is -1.09. The number of fused-ring (bicyclic) bond motifs is 1. The van der Waals surface area contributed by atoms with Crippen molar-refractivity contribution in [3.8, 4) is 0 Å². The molecule has 0 fully saturated rings. The van der Waals surface area contributed by atoms with Crippen LogP contribution in [0.25, 0.3) is 11.0 Å². The zero-order chi connectivity index (χ0) is 56.3. The SMILES string of the molecule is CC(C)N.CC(C)Nc1c(N)cc(Br)nc1Cl.CC(C)Nc1c([N+](=O)[O-])cc(Br)nc1Cl.CC(C)Nc1c[n+](O)c(Br)cc1[N+](=O)[O-].CC(C)n1cnc2cc(Br)nc(Cl)c21.O=[N+]([O-])c1cc(Br)[n+](O)cc1F. The third kappa shape index (κ3) is 22.8. The molecular formula is C41H52Br5Cl3FN15O8+2. The second-order valence-electron chi connectivity index (χ2n) is 16.0. The number of hydrogen-bond donors (Lipinski definition) is 7. The first kappa shape index (κ1) is 66.4. The lowest BCUT2D eigenvalue weighted by molar-refractivity contribution is -0.914. The first-order valence-corrected chi connectivity index (χ1v) is 26.0. The molecule has 0 aromatic carbocycles. The Kier molecular flexibility index (Phi) is 28.5. The minimum atomic E-state index is -1.09. The number of nitrogens with two attached hydrogens (primary N) is 2. The van der Waals surface area contributed by atoms with E-state index in [4.69, 9.17) is 51.5 Å². The summed E-state index contributed by atoms with van der Waals surface area (Å²) in [4.78, 5) is 46.1. The van der Waals surface area contributed by atoms with Crippen molar-refractivity contribution in [1.82, 2.24) is 24.5 Å². The highest BCUT2D eigenvalue weighted by atomic mass is 79.9. The monoisotopic (exact) mass is 1400 g/mol. The molecule has 6 rings (SSSR count). The summed E-state index contributed by atoms with van der Waals surface area (Å²) in [7, 11) is 0. The zero-order valence-corrected chi connectivity index (χ0v) is 50.6. The summed E-state index contributed by atoms with van der Waals surface area (Å²) in [5.41, 5.74) is 13.6. The van der Waals surface area contributed by atoms with Crippen molar-refractivity contribution in [2.24, 2.45) is 5.73 Å². The van der Waals surface area contributed by atoms with Gasteiger partial charge in [-0.25, -0.2) is 19.9 Å². The third-order valence-electron chi connectivity index (χ3n) is 7.79. The van der Waals surface area contributed by atoms with Gasteiger partial charge in [0.2, 0.25) is 0 Å². The number of halogens is 9. The van der Waals surface area contributed by atoms with Crippen LogP contribution in [0.3, 0.4) is 0 Å². The first-order chi connectivity index (χ1) is 33.7. The summed E-state index contributed by atoms with van der Waals surface area (Å²) < 4.78 is 17.8. The van der Waals surface area contributed by atoms with Crippen LogP contribution < -0.4 is 36.9 Å². The molecule has 6 aromatic heterocycles. The van der Waals surface area contributed by atoms with Crippen LogP contribution in [0, 0.1) is 36.2 Å². The molecule has 0 aliphatic rings. The standard InChI is InChI=1S/C9H9BrClN3.C8H9BrClN3O2.C8H11BrClN3.C8H11BrN3O3.C5H3BrFN2O3.C3H9N/c1-5(2)14-4-12-6-3-7(10)13-9(11)8(6)14;1-4(2)11-7-5(13(14)15)3-6(9)12-8(7)10;1-4(2)12-7-5(11)3-6(9)13-8(7)10;1-5(2)10-6-4-11(13)8(9)3-7(6)12(14)15;6-5-1-4(9(11)12)3(7)2-8(5)10;1-3(2)4/h3-5H,1-2H3;3-4,11H,1-2H3;3-4,12H,1-2H3,(H2,11,13);3-5,10,13H,1-2H3;1-2,10H;3H,4H2,1-2H3/q;;;2*+1;. The lowest BCUT2D eigenvalue weighted by Gasteiger charge is -2.13. The van der Waals surface area contributed by atoms with Gasteiger partial charge in [0.25, 0.3) is 23.9 Å². The van der Waals surface area contributed by atoms with Crippen molar-refractivity contribution in [3.05, 3.63) is 124 Å². The van der Waals surface area contributed by atoms with Gasteiger partial charge in [0.05, 0.1) is 44.1 Å². The molecule has 0 bridgehead atoms. The van der Waals surface area contributed by atoms with Crippen molar-refractivity contribution in [3.63, 3.8) is 0 Å². The molecule has 0 atom stereocenters. The average molecular weight is 1410 g/mol. The summed E-state index contributed by atoms with van der Waals surface area (Å²) in [6.45, 7) is 19.5. The van der Waals surface area contributed by atoms with E-state index in [-0.39, 0.29) is 55.2 Å². The smallest absolute Gasteiger partial charge is 0.318 e. The van der Waals surface area contributed by atoms with Crippen molar-refractivity contribution in [1.29, 1.82) is 0 Å². The first-order valence-electron chi connectivity index (χ1n) is 20.9. The maximum atomic E-state index is 12.6. The van der Waals surface area contributed by atoms with Gasteiger partial charge in [-0.05, 0) is 121 Å². The van der Waals surface area contributed by atoms with Crippen molar-refractivity contribution >= 4 is 165 Å². The number of nitro groups is 3. The third-order valence-corrected chi connectivity index (χ3v) is 11.0. The van der Waals surface area contributed by atoms with Crippen LogP contribution in [0.1, 0.15) is 75.3 Å². The van der Waals surface area contributed by atoms with Gasteiger partial charge in [-0.3, -0.25) is 40.8 Å². The Morgan fingerprint density at radius 3 is 1.51 bits per heavy atom. The van der Waals surface area contributed by atoms with E-state index in [1.54, 1.807) is 12.4 Å². The number of rotatable bonds is 10. The number of imidazole rings is 1. The quantitative estimate of drug-likeness (QED) is 0.0220. The van der Waals surface area contributed by atoms with Crippen LogP contribution in [0.4, 0.5) is 44.2 Å². The molecule has 0 spiro atoms. The summed E-state index contributed by atoms with van der Waals surface area (Å²) >= 11 is 33.1. The number of hydrogen-bond acceptors (Lipinski definition) is 17. The summed E-state index contributed by atoms with van der Waals surface area (Å²) in [5, 5.41) is 59.6. The van der Waals surface area contributed by atoms with E-state index in [9.17, 15) is 39.9 Å². The van der Waals surface area contributed by atoms with Crippen LogP contribution >= 0.6 is 114 Å². The van der Waals surface area contributed by atoms with Gasteiger partial charge in [0, 0.05) is 65.5 Å². The second kappa shape index (κ2) is 31.3. The minimum absolute atomic E-state index is 0.00981. The fourth-order valence-electron chi connectivity index (χ4n) is 5.05. The molecule has 0 amide bonds. The zero-order valence-electron chi connectivity index (χ0n) is 40.4. The van der Waals surface area contributed by atoms with Gasteiger partial charge in [0.1, 0.15) is 31.5 Å². The number of nitrogens with one attached hydrogen (secondary N) is 3. The predicted molar refractivity (Wildman–Crippen MR) is 297 cm³/mol.